The highest BCUT2D eigenvalue weighted by molar-refractivity contribution is 5.21. The molecule has 1 N–H and O–H groups in total. The molecule has 3 nitrogen and oxygen atoms in total. The van der Waals surface area contributed by atoms with Gasteiger partial charge in [-0.3, -0.25) is 0 Å². The van der Waals surface area contributed by atoms with Gasteiger partial charge in [0.15, 0.2) is 5.79 Å². The third-order valence-corrected chi connectivity index (χ3v) is 2.70. The van der Waals surface area contributed by atoms with Gasteiger partial charge in [0.25, 0.3) is 0 Å². The lowest BCUT2D eigenvalue weighted by molar-refractivity contribution is -0.172. The van der Waals surface area contributed by atoms with Crippen LogP contribution in [-0.4, -0.2) is 24.9 Å². The molecule has 0 unspecified atom stereocenters. The first-order valence-electron chi connectivity index (χ1n) is 5.42. The molecule has 0 spiro atoms. The van der Waals surface area contributed by atoms with Gasteiger partial charge >= 0.3 is 0 Å². The van der Waals surface area contributed by atoms with Crippen LogP contribution in [0.25, 0.3) is 0 Å². The molecule has 0 radical (unpaired) electrons. The monoisotopic (exact) mass is 226 g/mol. The molecule has 4 heteroatoms. The molecular formula is C12H15FO3. The van der Waals surface area contributed by atoms with E-state index in [1.165, 1.54) is 12.1 Å². The average Bonchev–Trinajstić information content (AvgIpc) is 2.77. The molecule has 0 aromatic heterocycles. The number of rotatable bonds is 4. The average molecular weight is 226 g/mol. The number of hydrogen-bond acceptors (Lipinski definition) is 3. The van der Waals surface area contributed by atoms with Gasteiger partial charge in [0.05, 0.1) is 13.2 Å². The van der Waals surface area contributed by atoms with Crippen LogP contribution in [0.1, 0.15) is 18.4 Å². The second-order valence-electron chi connectivity index (χ2n) is 3.78. The molecule has 1 fully saturated rings. The number of ether oxygens (including phenoxy) is 2. The van der Waals surface area contributed by atoms with Crippen molar-refractivity contribution >= 4 is 0 Å². The zero-order chi connectivity index (χ0) is 11.4. The Kier molecular flexibility index (Phi) is 3.53. The molecular weight excluding hydrogens is 211 g/mol. The summed E-state index contributed by atoms with van der Waals surface area (Å²) in [6.45, 7) is 1.15. The van der Waals surface area contributed by atoms with Crippen LogP contribution < -0.4 is 0 Å². The molecule has 0 saturated carbocycles. The molecule has 0 bridgehead atoms. The Morgan fingerprint density at radius 1 is 1.19 bits per heavy atom. The Morgan fingerprint density at radius 2 is 1.81 bits per heavy atom. The minimum atomic E-state index is -0.795. The Balaban J connectivity index is 2.21. The number of aliphatic hydroxyl groups is 1. The van der Waals surface area contributed by atoms with Crippen molar-refractivity contribution < 1.29 is 19.0 Å². The van der Waals surface area contributed by atoms with E-state index in [1.54, 1.807) is 12.1 Å². The van der Waals surface area contributed by atoms with Crippen LogP contribution in [0.3, 0.4) is 0 Å². The number of hydrogen-bond donors (Lipinski definition) is 1. The third-order valence-electron chi connectivity index (χ3n) is 2.70. The van der Waals surface area contributed by atoms with Crippen molar-refractivity contribution in [3.8, 4) is 0 Å². The lowest BCUT2D eigenvalue weighted by Crippen LogP contribution is -2.27. The molecule has 1 aromatic carbocycles. The maximum Gasteiger partial charge on any atom is 0.195 e. The van der Waals surface area contributed by atoms with Crippen molar-refractivity contribution in [2.24, 2.45) is 0 Å². The minimum Gasteiger partial charge on any atom is -0.396 e. The molecule has 1 saturated heterocycles. The van der Waals surface area contributed by atoms with Crippen molar-refractivity contribution in [2.75, 3.05) is 19.8 Å². The van der Waals surface area contributed by atoms with Gasteiger partial charge in [-0.15, -0.1) is 0 Å². The first-order valence-corrected chi connectivity index (χ1v) is 5.42. The molecule has 1 heterocycles. The molecule has 0 amide bonds. The van der Waals surface area contributed by atoms with E-state index in [1.807, 2.05) is 0 Å². The maximum atomic E-state index is 12.8. The summed E-state index contributed by atoms with van der Waals surface area (Å²) in [5, 5.41) is 8.86. The van der Waals surface area contributed by atoms with Gasteiger partial charge in [-0.05, 0) is 18.6 Å². The van der Waals surface area contributed by atoms with E-state index in [0.29, 0.717) is 26.1 Å². The van der Waals surface area contributed by atoms with Crippen LogP contribution >= 0.6 is 0 Å². The van der Waals surface area contributed by atoms with Gasteiger partial charge in [-0.25, -0.2) is 4.39 Å². The van der Waals surface area contributed by atoms with Crippen LogP contribution in [0.4, 0.5) is 4.39 Å². The Hall–Kier alpha value is -0.970. The van der Waals surface area contributed by atoms with E-state index in [9.17, 15) is 4.39 Å². The second kappa shape index (κ2) is 4.91. The summed E-state index contributed by atoms with van der Waals surface area (Å²) in [6.07, 6.45) is 1.17. The summed E-state index contributed by atoms with van der Waals surface area (Å²) in [5.41, 5.74) is 0.805. The van der Waals surface area contributed by atoms with Crippen LogP contribution in [0.2, 0.25) is 0 Å². The quantitative estimate of drug-likeness (QED) is 0.850. The minimum absolute atomic E-state index is 0.0929. The van der Waals surface area contributed by atoms with Crippen molar-refractivity contribution in [3.05, 3.63) is 35.6 Å². The number of halogens is 1. The topological polar surface area (TPSA) is 38.7 Å². The second-order valence-corrected chi connectivity index (χ2v) is 3.78. The Labute approximate surface area is 93.8 Å². The zero-order valence-corrected chi connectivity index (χ0v) is 8.99. The lowest BCUT2D eigenvalue weighted by atomic mass is 10.0. The lowest BCUT2D eigenvalue weighted by Gasteiger charge is -2.27. The molecule has 16 heavy (non-hydrogen) atoms. The Morgan fingerprint density at radius 3 is 2.38 bits per heavy atom. The van der Waals surface area contributed by atoms with Crippen molar-refractivity contribution in [1.29, 1.82) is 0 Å². The highest BCUT2D eigenvalue weighted by Crippen LogP contribution is 2.35. The largest absolute Gasteiger partial charge is 0.396 e. The van der Waals surface area contributed by atoms with E-state index < -0.39 is 5.79 Å². The van der Waals surface area contributed by atoms with Gasteiger partial charge in [0.1, 0.15) is 5.82 Å². The van der Waals surface area contributed by atoms with Gasteiger partial charge < -0.3 is 14.6 Å². The van der Waals surface area contributed by atoms with Gasteiger partial charge in [-0.2, -0.15) is 0 Å². The van der Waals surface area contributed by atoms with Gasteiger partial charge in [0.2, 0.25) is 0 Å². The molecule has 1 aromatic rings. The predicted octanol–water partition coefficient (Wildman–Crippen LogP) is 1.80. The van der Waals surface area contributed by atoms with Crippen molar-refractivity contribution in [3.63, 3.8) is 0 Å². The van der Waals surface area contributed by atoms with Crippen LogP contribution in [0.5, 0.6) is 0 Å². The fourth-order valence-corrected chi connectivity index (χ4v) is 1.93. The third kappa shape index (κ3) is 2.24. The summed E-state index contributed by atoms with van der Waals surface area (Å²) in [6, 6.07) is 6.11. The van der Waals surface area contributed by atoms with Crippen LogP contribution in [-0.2, 0) is 15.3 Å². The number of benzene rings is 1. The molecule has 0 aliphatic carbocycles. The molecule has 1 aliphatic rings. The van der Waals surface area contributed by atoms with E-state index in [-0.39, 0.29) is 12.4 Å². The fourth-order valence-electron chi connectivity index (χ4n) is 1.93. The predicted molar refractivity (Wildman–Crippen MR) is 56.3 cm³/mol. The summed E-state index contributed by atoms with van der Waals surface area (Å²) < 4.78 is 24.1. The van der Waals surface area contributed by atoms with Crippen molar-refractivity contribution in [2.45, 2.75) is 18.6 Å². The van der Waals surface area contributed by atoms with E-state index in [4.69, 9.17) is 14.6 Å². The fraction of sp³-hybridized carbons (Fsp3) is 0.500. The van der Waals surface area contributed by atoms with E-state index >= 15 is 0 Å². The smallest absolute Gasteiger partial charge is 0.195 e. The first-order chi connectivity index (χ1) is 7.77. The van der Waals surface area contributed by atoms with Crippen molar-refractivity contribution in [1.82, 2.24) is 0 Å². The van der Waals surface area contributed by atoms with Gasteiger partial charge in [-0.1, -0.05) is 12.1 Å². The summed E-state index contributed by atoms with van der Waals surface area (Å²) in [5.74, 6) is -1.07. The van der Waals surface area contributed by atoms with E-state index in [0.717, 1.165) is 5.56 Å². The summed E-state index contributed by atoms with van der Waals surface area (Å²) >= 11 is 0. The normalized spacial score (nSPS) is 18.9. The molecule has 0 atom stereocenters. The highest BCUT2D eigenvalue weighted by atomic mass is 19.1. The highest BCUT2D eigenvalue weighted by Gasteiger charge is 2.37. The SMILES string of the molecule is OCCCC1(c2ccc(F)cc2)OCCO1. The molecule has 2 rings (SSSR count). The molecule has 1 aliphatic heterocycles. The first kappa shape index (κ1) is 11.5. The Bertz CT molecular complexity index is 331. The van der Waals surface area contributed by atoms with Crippen LogP contribution in [0.15, 0.2) is 24.3 Å². The maximum absolute atomic E-state index is 12.8. The molecule has 88 valence electrons. The number of aliphatic hydroxyl groups excluding tert-OH is 1. The zero-order valence-electron chi connectivity index (χ0n) is 8.99. The van der Waals surface area contributed by atoms with Crippen LogP contribution in [0, 0.1) is 5.82 Å². The summed E-state index contributed by atoms with van der Waals surface area (Å²) in [4.78, 5) is 0. The van der Waals surface area contributed by atoms with Gasteiger partial charge in [0, 0.05) is 18.6 Å². The summed E-state index contributed by atoms with van der Waals surface area (Å²) in [7, 11) is 0. The standard InChI is InChI=1S/C12H15FO3/c13-11-4-2-10(3-5-11)12(6-1-7-14)15-8-9-16-12/h2-5,14H,1,6-9H2. The van der Waals surface area contributed by atoms with E-state index in [2.05, 4.69) is 0 Å².